The van der Waals surface area contributed by atoms with Gasteiger partial charge < -0.3 is 9.47 Å². The SMILES string of the molecule is CCOC(C)C(=N)OC. The minimum absolute atomic E-state index is 0.178. The van der Waals surface area contributed by atoms with Gasteiger partial charge in [0.2, 0.25) is 5.90 Å². The highest BCUT2D eigenvalue weighted by Gasteiger charge is 2.06. The molecule has 3 nitrogen and oxygen atoms in total. The van der Waals surface area contributed by atoms with E-state index in [0.29, 0.717) is 6.61 Å². The van der Waals surface area contributed by atoms with Crippen molar-refractivity contribution in [1.82, 2.24) is 0 Å². The zero-order valence-electron chi connectivity index (χ0n) is 6.10. The molecule has 0 radical (unpaired) electrons. The Bertz CT molecular complexity index is 93.1. The molecule has 0 aliphatic heterocycles. The molecule has 0 aromatic carbocycles. The second-order valence-corrected chi connectivity index (χ2v) is 1.67. The van der Waals surface area contributed by atoms with Gasteiger partial charge in [-0.25, -0.2) is 0 Å². The summed E-state index contributed by atoms with van der Waals surface area (Å²) in [5, 5.41) is 7.10. The maximum Gasteiger partial charge on any atom is 0.209 e. The molecule has 0 aromatic heterocycles. The van der Waals surface area contributed by atoms with Crippen LogP contribution in [0.3, 0.4) is 0 Å². The van der Waals surface area contributed by atoms with Crippen molar-refractivity contribution in [2.75, 3.05) is 13.7 Å². The first-order valence-electron chi connectivity index (χ1n) is 2.96. The van der Waals surface area contributed by atoms with Crippen molar-refractivity contribution in [3.8, 4) is 0 Å². The van der Waals surface area contributed by atoms with Crippen LogP contribution in [-0.4, -0.2) is 25.7 Å². The summed E-state index contributed by atoms with van der Waals surface area (Å²) in [6.07, 6.45) is -0.208. The van der Waals surface area contributed by atoms with Gasteiger partial charge >= 0.3 is 0 Å². The van der Waals surface area contributed by atoms with Gasteiger partial charge in [0.25, 0.3) is 0 Å². The van der Waals surface area contributed by atoms with E-state index in [1.165, 1.54) is 7.11 Å². The molecule has 9 heavy (non-hydrogen) atoms. The van der Waals surface area contributed by atoms with Crippen LogP contribution in [0, 0.1) is 5.41 Å². The lowest BCUT2D eigenvalue weighted by molar-refractivity contribution is 0.104. The summed E-state index contributed by atoms with van der Waals surface area (Å²) < 4.78 is 9.67. The van der Waals surface area contributed by atoms with Gasteiger partial charge in [0.1, 0.15) is 6.10 Å². The third-order valence-corrected chi connectivity index (χ3v) is 1.01. The summed E-state index contributed by atoms with van der Waals surface area (Å²) in [5.74, 6) is 0.178. The Hall–Kier alpha value is -0.570. The Kier molecular flexibility index (Phi) is 4.05. The molecule has 0 saturated carbocycles. The van der Waals surface area contributed by atoms with Crippen molar-refractivity contribution in [2.24, 2.45) is 0 Å². The van der Waals surface area contributed by atoms with Crippen molar-refractivity contribution in [1.29, 1.82) is 5.41 Å². The summed E-state index contributed by atoms with van der Waals surface area (Å²) >= 11 is 0. The first-order chi connectivity index (χ1) is 4.22. The van der Waals surface area contributed by atoms with Gasteiger partial charge in [-0.05, 0) is 13.8 Å². The third kappa shape index (κ3) is 3.08. The number of hydrogen-bond donors (Lipinski definition) is 1. The number of nitrogens with one attached hydrogen (secondary N) is 1. The molecule has 54 valence electrons. The van der Waals surface area contributed by atoms with Crippen molar-refractivity contribution >= 4 is 5.90 Å². The van der Waals surface area contributed by atoms with E-state index in [1.54, 1.807) is 6.92 Å². The zero-order chi connectivity index (χ0) is 7.28. The minimum Gasteiger partial charge on any atom is -0.483 e. The molecule has 0 fully saturated rings. The summed E-state index contributed by atoms with van der Waals surface area (Å²) in [6, 6.07) is 0. The predicted octanol–water partition coefficient (Wildman–Crippen LogP) is 1.04. The van der Waals surface area contributed by atoms with E-state index in [9.17, 15) is 0 Å². The topological polar surface area (TPSA) is 42.3 Å². The normalized spacial score (nSPS) is 12.8. The molecule has 0 saturated heterocycles. The molecule has 1 atom stereocenters. The Morgan fingerprint density at radius 2 is 2.22 bits per heavy atom. The average molecular weight is 131 g/mol. The van der Waals surface area contributed by atoms with E-state index >= 15 is 0 Å². The molecule has 0 aliphatic carbocycles. The van der Waals surface area contributed by atoms with Crippen molar-refractivity contribution in [3.63, 3.8) is 0 Å². The molecule has 0 aromatic rings. The second kappa shape index (κ2) is 4.32. The van der Waals surface area contributed by atoms with Crippen LogP contribution in [-0.2, 0) is 9.47 Å². The predicted molar refractivity (Wildman–Crippen MR) is 35.8 cm³/mol. The highest BCUT2D eigenvalue weighted by Crippen LogP contribution is 1.92. The Labute approximate surface area is 55.5 Å². The van der Waals surface area contributed by atoms with Crippen LogP contribution in [0.4, 0.5) is 0 Å². The zero-order valence-corrected chi connectivity index (χ0v) is 6.10. The van der Waals surface area contributed by atoms with Crippen molar-refractivity contribution in [2.45, 2.75) is 20.0 Å². The van der Waals surface area contributed by atoms with Crippen LogP contribution in [0.2, 0.25) is 0 Å². The molecule has 0 heterocycles. The highest BCUT2D eigenvalue weighted by molar-refractivity contribution is 5.76. The van der Waals surface area contributed by atoms with Gasteiger partial charge in [0, 0.05) is 6.61 Å². The fourth-order valence-electron chi connectivity index (χ4n) is 0.492. The standard InChI is InChI=1S/C6H13NO2/c1-4-9-5(2)6(7)8-3/h5,7H,4H2,1-3H3. The molecule has 1 unspecified atom stereocenters. The summed E-state index contributed by atoms with van der Waals surface area (Å²) in [5.41, 5.74) is 0. The molecular formula is C6H13NO2. The fraction of sp³-hybridized carbons (Fsp3) is 0.833. The van der Waals surface area contributed by atoms with Crippen LogP contribution in [0.5, 0.6) is 0 Å². The smallest absolute Gasteiger partial charge is 0.209 e. The van der Waals surface area contributed by atoms with E-state index in [-0.39, 0.29) is 12.0 Å². The highest BCUT2D eigenvalue weighted by atomic mass is 16.5. The van der Waals surface area contributed by atoms with Gasteiger partial charge in [-0.15, -0.1) is 0 Å². The molecular weight excluding hydrogens is 118 g/mol. The molecule has 0 amide bonds. The number of rotatable bonds is 3. The minimum atomic E-state index is -0.208. The third-order valence-electron chi connectivity index (χ3n) is 1.01. The first kappa shape index (κ1) is 8.43. The summed E-state index contributed by atoms with van der Waals surface area (Å²) in [7, 11) is 1.47. The van der Waals surface area contributed by atoms with Crippen LogP contribution in [0.1, 0.15) is 13.8 Å². The first-order valence-corrected chi connectivity index (χ1v) is 2.96. The molecule has 0 rings (SSSR count). The van der Waals surface area contributed by atoms with E-state index in [4.69, 9.17) is 10.1 Å². The van der Waals surface area contributed by atoms with Gasteiger partial charge in [-0.1, -0.05) is 0 Å². The molecule has 0 bridgehead atoms. The summed E-state index contributed by atoms with van der Waals surface area (Å²) in [6.45, 7) is 4.29. The van der Waals surface area contributed by atoms with Crippen LogP contribution in [0.25, 0.3) is 0 Å². The average Bonchev–Trinajstić information content (AvgIpc) is 1.87. The van der Waals surface area contributed by atoms with Gasteiger partial charge in [-0.3, -0.25) is 5.41 Å². The monoisotopic (exact) mass is 131 g/mol. The quantitative estimate of drug-likeness (QED) is 0.459. The van der Waals surface area contributed by atoms with E-state index in [1.807, 2.05) is 6.92 Å². The lowest BCUT2D eigenvalue weighted by Crippen LogP contribution is -2.20. The maximum absolute atomic E-state index is 7.10. The van der Waals surface area contributed by atoms with E-state index < -0.39 is 0 Å². The molecule has 3 heteroatoms. The van der Waals surface area contributed by atoms with Crippen LogP contribution < -0.4 is 0 Å². The summed E-state index contributed by atoms with van der Waals surface area (Å²) in [4.78, 5) is 0. The number of ether oxygens (including phenoxy) is 2. The molecule has 0 aliphatic rings. The van der Waals surface area contributed by atoms with Crippen molar-refractivity contribution in [3.05, 3.63) is 0 Å². The largest absolute Gasteiger partial charge is 0.483 e. The Balaban J connectivity index is 3.45. The van der Waals surface area contributed by atoms with Gasteiger partial charge in [0.05, 0.1) is 7.11 Å². The fourth-order valence-corrected chi connectivity index (χ4v) is 0.492. The van der Waals surface area contributed by atoms with Crippen molar-refractivity contribution < 1.29 is 9.47 Å². The molecule has 0 spiro atoms. The Morgan fingerprint density at radius 3 is 2.56 bits per heavy atom. The van der Waals surface area contributed by atoms with Gasteiger partial charge in [0.15, 0.2) is 0 Å². The van der Waals surface area contributed by atoms with E-state index in [0.717, 1.165) is 0 Å². The lowest BCUT2D eigenvalue weighted by atomic mass is 10.4. The second-order valence-electron chi connectivity index (χ2n) is 1.67. The number of methoxy groups -OCH3 is 1. The van der Waals surface area contributed by atoms with Crippen LogP contribution >= 0.6 is 0 Å². The maximum atomic E-state index is 7.10. The van der Waals surface area contributed by atoms with E-state index in [2.05, 4.69) is 4.74 Å². The Morgan fingerprint density at radius 1 is 1.67 bits per heavy atom. The number of hydrogen-bond acceptors (Lipinski definition) is 3. The lowest BCUT2D eigenvalue weighted by Gasteiger charge is -2.10. The molecule has 1 N–H and O–H groups in total. The van der Waals surface area contributed by atoms with Crippen LogP contribution in [0.15, 0.2) is 0 Å². The van der Waals surface area contributed by atoms with Gasteiger partial charge in [-0.2, -0.15) is 0 Å².